The first-order valence-electron chi connectivity index (χ1n) is 5.44. The Balaban J connectivity index is 2.68. The quantitative estimate of drug-likeness (QED) is 0.603. The third-order valence-corrected chi connectivity index (χ3v) is 3.18. The Morgan fingerprint density at radius 1 is 1.38 bits per heavy atom. The molecule has 0 aromatic rings. The Morgan fingerprint density at radius 3 is 2.62 bits per heavy atom. The van der Waals surface area contributed by atoms with Gasteiger partial charge in [-0.05, 0) is 24.7 Å². The molecule has 1 aliphatic carbocycles. The van der Waals surface area contributed by atoms with E-state index in [0.717, 1.165) is 5.92 Å². The molecule has 0 aromatic carbocycles. The molecule has 74 valence electrons. The summed E-state index contributed by atoms with van der Waals surface area (Å²) in [7, 11) is 0. The summed E-state index contributed by atoms with van der Waals surface area (Å²) in [6, 6.07) is 0. The second kappa shape index (κ2) is 4.13. The third-order valence-electron chi connectivity index (χ3n) is 3.18. The summed E-state index contributed by atoms with van der Waals surface area (Å²) in [6.45, 7) is 9.23. The summed E-state index contributed by atoms with van der Waals surface area (Å²) in [6.07, 6.45) is 10.8. The predicted molar refractivity (Wildman–Crippen MR) is 59.7 cm³/mol. The molecule has 0 N–H and O–H groups in total. The zero-order valence-electron chi connectivity index (χ0n) is 9.43. The van der Waals surface area contributed by atoms with Gasteiger partial charge in [-0.25, -0.2) is 0 Å². The zero-order valence-corrected chi connectivity index (χ0v) is 9.43. The molecule has 0 heterocycles. The van der Waals surface area contributed by atoms with Crippen molar-refractivity contribution >= 4 is 0 Å². The van der Waals surface area contributed by atoms with Gasteiger partial charge >= 0.3 is 0 Å². The number of allylic oxidation sites excluding steroid dienone is 4. The summed E-state index contributed by atoms with van der Waals surface area (Å²) < 4.78 is 0. The number of hydrogen-bond donors (Lipinski definition) is 0. The highest BCUT2D eigenvalue weighted by Gasteiger charge is 2.28. The fraction of sp³-hybridized carbons (Fsp3) is 0.692. The van der Waals surface area contributed by atoms with Crippen LogP contribution in [-0.2, 0) is 0 Å². The van der Waals surface area contributed by atoms with Gasteiger partial charge in [0.15, 0.2) is 0 Å². The van der Waals surface area contributed by atoms with E-state index in [4.69, 9.17) is 0 Å². The van der Waals surface area contributed by atoms with E-state index in [0.29, 0.717) is 5.41 Å². The number of rotatable bonds is 3. The molecule has 1 atom stereocenters. The second-order valence-corrected chi connectivity index (χ2v) is 4.79. The average Bonchev–Trinajstić information content (AvgIpc) is 2.02. The third kappa shape index (κ3) is 2.46. The van der Waals surface area contributed by atoms with Crippen molar-refractivity contribution in [2.75, 3.05) is 0 Å². The fourth-order valence-corrected chi connectivity index (χ4v) is 2.27. The molecule has 1 rings (SSSR count). The first kappa shape index (κ1) is 10.6. The predicted octanol–water partition coefficient (Wildman–Crippen LogP) is 4.34. The topological polar surface area (TPSA) is 0 Å². The molecule has 0 aromatic heterocycles. The molecule has 13 heavy (non-hydrogen) atoms. The van der Waals surface area contributed by atoms with Crippen LogP contribution < -0.4 is 0 Å². The molecular weight excluding hydrogens is 156 g/mol. The first-order valence-corrected chi connectivity index (χ1v) is 5.44. The minimum absolute atomic E-state index is 0.369. The SMILES string of the molecule is CCCCC1C(C)=CC=CC1(C)C. The van der Waals surface area contributed by atoms with Crippen molar-refractivity contribution in [3.8, 4) is 0 Å². The smallest absolute Gasteiger partial charge is 0.0106 e. The summed E-state index contributed by atoms with van der Waals surface area (Å²) in [5.74, 6) is 0.762. The van der Waals surface area contributed by atoms with Crippen LogP contribution in [0.5, 0.6) is 0 Å². The van der Waals surface area contributed by atoms with Crippen LogP contribution in [0, 0.1) is 11.3 Å². The molecule has 0 amide bonds. The Labute approximate surface area is 82.7 Å². The Kier molecular flexibility index (Phi) is 3.35. The first-order chi connectivity index (χ1) is 6.08. The van der Waals surface area contributed by atoms with E-state index in [2.05, 4.69) is 45.9 Å². The summed E-state index contributed by atoms with van der Waals surface area (Å²) in [5.41, 5.74) is 1.93. The van der Waals surface area contributed by atoms with E-state index < -0.39 is 0 Å². The van der Waals surface area contributed by atoms with Crippen LogP contribution >= 0.6 is 0 Å². The van der Waals surface area contributed by atoms with E-state index in [1.54, 1.807) is 5.57 Å². The van der Waals surface area contributed by atoms with Crippen molar-refractivity contribution in [3.63, 3.8) is 0 Å². The minimum atomic E-state index is 0.369. The van der Waals surface area contributed by atoms with E-state index in [1.165, 1.54) is 19.3 Å². The largest absolute Gasteiger partial charge is 0.0783 e. The van der Waals surface area contributed by atoms with Gasteiger partial charge in [0, 0.05) is 0 Å². The Hall–Kier alpha value is -0.520. The fourth-order valence-electron chi connectivity index (χ4n) is 2.27. The van der Waals surface area contributed by atoms with Crippen molar-refractivity contribution in [3.05, 3.63) is 23.8 Å². The van der Waals surface area contributed by atoms with Gasteiger partial charge in [0.05, 0.1) is 0 Å². The normalized spacial score (nSPS) is 25.8. The van der Waals surface area contributed by atoms with Gasteiger partial charge in [0.2, 0.25) is 0 Å². The van der Waals surface area contributed by atoms with Gasteiger partial charge in [0.1, 0.15) is 0 Å². The standard InChI is InChI=1S/C13H22/c1-5-6-9-12-11(2)8-7-10-13(12,3)4/h7-8,10,12H,5-6,9H2,1-4H3. The molecular formula is C13H22. The van der Waals surface area contributed by atoms with Crippen LogP contribution in [0.15, 0.2) is 23.8 Å². The lowest BCUT2D eigenvalue weighted by Crippen LogP contribution is -2.24. The van der Waals surface area contributed by atoms with Crippen molar-refractivity contribution in [1.82, 2.24) is 0 Å². The van der Waals surface area contributed by atoms with Gasteiger partial charge in [0.25, 0.3) is 0 Å². The maximum atomic E-state index is 2.35. The van der Waals surface area contributed by atoms with Gasteiger partial charge in [-0.2, -0.15) is 0 Å². The second-order valence-electron chi connectivity index (χ2n) is 4.79. The molecule has 0 saturated heterocycles. The van der Waals surface area contributed by atoms with Gasteiger partial charge in [-0.1, -0.05) is 57.4 Å². The maximum Gasteiger partial charge on any atom is -0.0106 e. The molecule has 0 spiro atoms. The number of unbranched alkanes of at least 4 members (excludes halogenated alkanes) is 1. The van der Waals surface area contributed by atoms with Crippen LogP contribution in [0.1, 0.15) is 47.0 Å². The Morgan fingerprint density at radius 2 is 2.08 bits per heavy atom. The van der Waals surface area contributed by atoms with Crippen molar-refractivity contribution in [2.45, 2.75) is 47.0 Å². The average molecular weight is 178 g/mol. The van der Waals surface area contributed by atoms with Crippen LogP contribution in [0.3, 0.4) is 0 Å². The lowest BCUT2D eigenvalue weighted by Gasteiger charge is -2.35. The highest BCUT2D eigenvalue weighted by molar-refractivity contribution is 5.24. The summed E-state index contributed by atoms with van der Waals surface area (Å²) >= 11 is 0. The van der Waals surface area contributed by atoms with Crippen molar-refractivity contribution < 1.29 is 0 Å². The number of hydrogen-bond acceptors (Lipinski definition) is 0. The monoisotopic (exact) mass is 178 g/mol. The molecule has 0 bridgehead atoms. The van der Waals surface area contributed by atoms with Crippen molar-refractivity contribution in [1.29, 1.82) is 0 Å². The molecule has 0 radical (unpaired) electrons. The highest BCUT2D eigenvalue weighted by Crippen LogP contribution is 2.39. The Bertz CT molecular complexity index is 218. The molecule has 0 fully saturated rings. The molecule has 1 unspecified atom stereocenters. The van der Waals surface area contributed by atoms with Crippen molar-refractivity contribution in [2.24, 2.45) is 11.3 Å². The van der Waals surface area contributed by atoms with Crippen LogP contribution in [0.25, 0.3) is 0 Å². The highest BCUT2D eigenvalue weighted by atomic mass is 14.3. The minimum Gasteiger partial charge on any atom is -0.0783 e. The molecule has 0 nitrogen and oxygen atoms in total. The van der Waals surface area contributed by atoms with Gasteiger partial charge < -0.3 is 0 Å². The molecule has 0 aliphatic heterocycles. The van der Waals surface area contributed by atoms with Gasteiger partial charge in [-0.3, -0.25) is 0 Å². The zero-order chi connectivity index (χ0) is 9.90. The van der Waals surface area contributed by atoms with Crippen LogP contribution in [0.4, 0.5) is 0 Å². The summed E-state index contributed by atoms with van der Waals surface area (Å²) in [4.78, 5) is 0. The van der Waals surface area contributed by atoms with E-state index >= 15 is 0 Å². The van der Waals surface area contributed by atoms with E-state index in [9.17, 15) is 0 Å². The van der Waals surface area contributed by atoms with E-state index in [1.807, 2.05) is 0 Å². The molecule has 0 heteroatoms. The van der Waals surface area contributed by atoms with Gasteiger partial charge in [-0.15, -0.1) is 0 Å². The molecule has 1 aliphatic rings. The van der Waals surface area contributed by atoms with Crippen LogP contribution in [-0.4, -0.2) is 0 Å². The van der Waals surface area contributed by atoms with Crippen LogP contribution in [0.2, 0.25) is 0 Å². The molecule has 0 saturated carbocycles. The summed E-state index contributed by atoms with van der Waals surface area (Å²) in [5, 5.41) is 0. The lowest BCUT2D eigenvalue weighted by molar-refractivity contribution is 0.298. The van der Waals surface area contributed by atoms with E-state index in [-0.39, 0.29) is 0 Å². The lowest BCUT2D eigenvalue weighted by atomic mass is 9.70. The maximum absolute atomic E-state index is 2.35.